The van der Waals surface area contributed by atoms with E-state index in [9.17, 15) is 0 Å². The van der Waals surface area contributed by atoms with E-state index in [1.165, 1.54) is 11.1 Å². The molecule has 0 bridgehead atoms. The lowest BCUT2D eigenvalue weighted by atomic mass is 10.0. The van der Waals surface area contributed by atoms with Crippen molar-refractivity contribution in [2.45, 2.75) is 13.0 Å². The summed E-state index contributed by atoms with van der Waals surface area (Å²) in [5, 5.41) is 0.672. The summed E-state index contributed by atoms with van der Waals surface area (Å²) in [6.45, 7) is 2.01. The molecule has 12 heavy (non-hydrogen) atoms. The molecule has 2 rings (SSSR count). The van der Waals surface area contributed by atoms with Crippen molar-refractivity contribution < 1.29 is 0 Å². The van der Waals surface area contributed by atoms with Crippen molar-refractivity contribution in [3.8, 4) is 0 Å². The van der Waals surface area contributed by atoms with Crippen LogP contribution in [-0.2, 0) is 13.0 Å². The Morgan fingerprint density at radius 2 is 2.42 bits per heavy atom. The van der Waals surface area contributed by atoms with Crippen LogP contribution >= 0.6 is 21.0 Å². The van der Waals surface area contributed by atoms with Gasteiger partial charge in [-0.15, -0.1) is 0 Å². The van der Waals surface area contributed by atoms with E-state index in [2.05, 4.69) is 19.0 Å². The molecule has 0 aliphatic carbocycles. The predicted octanol–water partition coefficient (Wildman–Crippen LogP) is 1.88. The van der Waals surface area contributed by atoms with Crippen molar-refractivity contribution in [3.05, 3.63) is 28.5 Å². The van der Waals surface area contributed by atoms with Gasteiger partial charge in [0.25, 0.3) is 0 Å². The highest BCUT2D eigenvalue weighted by molar-refractivity contribution is 7.13. The minimum Gasteiger partial charge on any atom is -0.283 e. The average molecular weight is 201 g/mol. The number of hydrogen-bond donors (Lipinski definition) is 0. The molecule has 0 spiro atoms. The van der Waals surface area contributed by atoms with Crippen LogP contribution in [0.2, 0.25) is 5.15 Å². The molecule has 0 saturated heterocycles. The second-order valence-corrected chi connectivity index (χ2v) is 4.05. The van der Waals surface area contributed by atoms with Gasteiger partial charge in [0.2, 0.25) is 0 Å². The summed E-state index contributed by atoms with van der Waals surface area (Å²) < 4.78 is 2.21. The van der Waals surface area contributed by atoms with Crippen LogP contribution in [0.15, 0.2) is 12.3 Å². The first-order valence-corrected chi connectivity index (χ1v) is 4.78. The zero-order valence-corrected chi connectivity index (χ0v) is 8.54. The lowest BCUT2D eigenvalue weighted by molar-refractivity contribution is 0.442. The third-order valence-electron chi connectivity index (χ3n) is 2.12. The molecule has 4 heteroatoms. The lowest BCUT2D eigenvalue weighted by Crippen LogP contribution is -2.22. The first-order chi connectivity index (χ1) is 5.77. The predicted molar refractivity (Wildman–Crippen MR) is 53.1 cm³/mol. The molecule has 0 saturated carbocycles. The Balaban J connectivity index is 2.42. The van der Waals surface area contributed by atoms with E-state index in [-0.39, 0.29) is 0 Å². The van der Waals surface area contributed by atoms with Gasteiger partial charge in [0.1, 0.15) is 5.15 Å². The molecule has 0 aromatic carbocycles. The second-order valence-electron chi connectivity index (χ2n) is 2.96. The monoisotopic (exact) mass is 200 g/mol. The number of pyridine rings is 1. The van der Waals surface area contributed by atoms with Crippen LogP contribution in [0, 0.1) is 0 Å². The summed E-state index contributed by atoms with van der Waals surface area (Å²) in [6.07, 6.45) is 2.77. The minimum atomic E-state index is 0.672. The number of hydrogen-bond acceptors (Lipinski definition) is 2. The van der Waals surface area contributed by atoms with Gasteiger partial charge in [-0.05, 0) is 23.6 Å². The molecule has 0 fully saturated rings. The highest BCUT2D eigenvalue weighted by atomic mass is 35.5. The Morgan fingerprint density at radius 3 is 3.25 bits per heavy atom. The van der Waals surface area contributed by atoms with Gasteiger partial charge >= 0.3 is 0 Å². The summed E-state index contributed by atoms with van der Waals surface area (Å²) >= 11 is 5.95. The summed E-state index contributed by atoms with van der Waals surface area (Å²) in [5.41, 5.74) is 2.52. The Kier molecular flexibility index (Phi) is 2.31. The highest BCUT2D eigenvalue weighted by Gasteiger charge is 2.15. The molecular weight excluding hydrogens is 191 g/mol. The largest absolute Gasteiger partial charge is 0.283 e. The molecule has 64 valence electrons. The fraction of sp³-hybridized carbons (Fsp3) is 0.375. The normalized spacial score (nSPS) is 17.5. The van der Waals surface area contributed by atoms with Crippen LogP contribution < -0.4 is 0 Å². The van der Waals surface area contributed by atoms with Crippen LogP contribution in [-0.4, -0.2) is 16.2 Å². The Hall–Kier alpha value is -0.170. The van der Waals surface area contributed by atoms with Gasteiger partial charge in [-0.1, -0.05) is 21.0 Å². The molecule has 1 aliphatic rings. The van der Waals surface area contributed by atoms with Gasteiger partial charge in [0.05, 0.1) is 0 Å². The van der Waals surface area contributed by atoms with E-state index in [4.69, 9.17) is 11.6 Å². The summed E-state index contributed by atoms with van der Waals surface area (Å²) in [7, 11) is 2.71. The standard InChI is InChI=1S/C8H10ClN2P/c9-8-7-2-4-11(12)5-6(7)1-3-10-8/h1,3H,2,4-5,12H2. The maximum Gasteiger partial charge on any atom is 0.132 e. The van der Waals surface area contributed by atoms with Gasteiger partial charge < -0.3 is 0 Å². The Labute approximate surface area is 79.2 Å². The van der Waals surface area contributed by atoms with E-state index in [0.717, 1.165) is 19.5 Å². The van der Waals surface area contributed by atoms with Crippen LogP contribution in [0.4, 0.5) is 0 Å². The first-order valence-electron chi connectivity index (χ1n) is 3.89. The molecular formula is C8H10ClN2P. The molecule has 0 amide bonds. The van der Waals surface area contributed by atoms with Gasteiger partial charge in [-0.2, -0.15) is 0 Å². The molecule has 1 aromatic rings. The molecule has 1 atom stereocenters. The van der Waals surface area contributed by atoms with Crippen molar-refractivity contribution in [2.75, 3.05) is 6.54 Å². The molecule has 0 N–H and O–H groups in total. The molecule has 2 heterocycles. The van der Waals surface area contributed by atoms with Crippen molar-refractivity contribution in [1.29, 1.82) is 0 Å². The Morgan fingerprint density at radius 1 is 1.58 bits per heavy atom. The van der Waals surface area contributed by atoms with E-state index in [1.54, 1.807) is 6.20 Å². The fourth-order valence-corrected chi connectivity index (χ4v) is 2.07. The summed E-state index contributed by atoms with van der Waals surface area (Å²) in [4.78, 5) is 4.06. The number of halogens is 1. The first kappa shape index (κ1) is 8.43. The second kappa shape index (κ2) is 3.29. The van der Waals surface area contributed by atoms with Crippen molar-refractivity contribution in [2.24, 2.45) is 0 Å². The topological polar surface area (TPSA) is 16.1 Å². The van der Waals surface area contributed by atoms with E-state index < -0.39 is 0 Å². The number of fused-ring (bicyclic) bond motifs is 1. The molecule has 1 aliphatic heterocycles. The maximum atomic E-state index is 5.95. The SMILES string of the molecule is PN1CCc2c(ccnc2Cl)C1. The molecule has 0 radical (unpaired) electrons. The zero-order chi connectivity index (χ0) is 8.55. The van der Waals surface area contributed by atoms with Crippen LogP contribution in [0.1, 0.15) is 11.1 Å². The number of rotatable bonds is 0. The van der Waals surface area contributed by atoms with Gasteiger partial charge in [-0.3, -0.25) is 4.67 Å². The minimum absolute atomic E-state index is 0.672. The lowest BCUT2D eigenvalue weighted by Gasteiger charge is -2.24. The quantitative estimate of drug-likeness (QED) is 0.470. The van der Waals surface area contributed by atoms with Gasteiger partial charge in [0, 0.05) is 19.3 Å². The van der Waals surface area contributed by atoms with Crippen LogP contribution in [0.3, 0.4) is 0 Å². The zero-order valence-electron chi connectivity index (χ0n) is 6.63. The fourth-order valence-electron chi connectivity index (χ4n) is 1.47. The third-order valence-corrected chi connectivity index (χ3v) is 2.89. The summed E-state index contributed by atoms with van der Waals surface area (Å²) in [5.74, 6) is 0. The molecule has 2 nitrogen and oxygen atoms in total. The van der Waals surface area contributed by atoms with Crippen molar-refractivity contribution in [1.82, 2.24) is 9.65 Å². The maximum absolute atomic E-state index is 5.95. The van der Waals surface area contributed by atoms with Crippen molar-refractivity contribution >= 4 is 21.0 Å². The van der Waals surface area contributed by atoms with E-state index >= 15 is 0 Å². The highest BCUT2D eigenvalue weighted by Crippen LogP contribution is 2.25. The Bertz CT molecular complexity index is 303. The average Bonchev–Trinajstić information content (AvgIpc) is 2.04. The van der Waals surface area contributed by atoms with Crippen LogP contribution in [0.5, 0.6) is 0 Å². The van der Waals surface area contributed by atoms with Crippen molar-refractivity contribution in [3.63, 3.8) is 0 Å². The van der Waals surface area contributed by atoms with Gasteiger partial charge in [0.15, 0.2) is 0 Å². The number of aromatic nitrogens is 1. The summed E-state index contributed by atoms with van der Waals surface area (Å²) in [6, 6.07) is 2.04. The van der Waals surface area contributed by atoms with Crippen LogP contribution in [0.25, 0.3) is 0 Å². The van der Waals surface area contributed by atoms with Gasteiger partial charge in [-0.25, -0.2) is 4.98 Å². The van der Waals surface area contributed by atoms with E-state index in [1.807, 2.05) is 6.07 Å². The van der Waals surface area contributed by atoms with E-state index in [0.29, 0.717) is 5.15 Å². The molecule has 1 aromatic heterocycles. The third kappa shape index (κ3) is 1.47. The smallest absolute Gasteiger partial charge is 0.132 e. The number of nitrogens with zero attached hydrogens (tertiary/aromatic N) is 2. The molecule has 1 unspecified atom stereocenters.